The van der Waals surface area contributed by atoms with Crippen LogP contribution in [0, 0.1) is 56.7 Å². The lowest BCUT2D eigenvalue weighted by molar-refractivity contribution is -0.164. The summed E-state index contributed by atoms with van der Waals surface area (Å²) in [4.78, 5) is 31.8. The number of aliphatic hydroxyl groups excluding tert-OH is 1. The van der Waals surface area contributed by atoms with E-state index in [0.717, 1.165) is 85.1 Å². The summed E-state index contributed by atoms with van der Waals surface area (Å²) in [6, 6.07) is 18.5. The van der Waals surface area contributed by atoms with Crippen LogP contribution in [0.5, 0.6) is 0 Å². The van der Waals surface area contributed by atoms with E-state index in [1.54, 1.807) is 0 Å². The molecule has 1 N–H and O–H groups in total. The van der Waals surface area contributed by atoms with Crippen molar-refractivity contribution in [3.05, 3.63) is 84.0 Å². The average Bonchev–Trinajstić information content (AvgIpc) is 3.60. The molecule has 1 amide bonds. The number of nitrogens with zero attached hydrogens (tertiary/aromatic N) is 1. The SMILES string of the molecule is C[C@]12CC[C@H]3[C@@]4(C=C[C@@]5(C=C4C(=O)c4ccccc4-c4ccccc4)C[C@@H](O)CC[C@]35C)[C@@H]1CC[C@@]21CN(CC23CC4CC(CC(C4)C2)C3)C(=O)O1. The standard InChI is InChI=1S/C47H55NO4/c1-42-15-12-34(49)26-45(42)18-19-47(37(27-45)40(50)36-11-7-6-10-35(36)33-8-4-3-5-9-33)38(42)13-16-43(2)39(47)14-17-46(43)29-48(41(51)52-46)28-44-23-30-20-31(24-44)22-32(21-30)25-44/h3-11,18-19,27,30-32,34,38-39,49H,12-17,20-26,28-29H2,1-2H3/t30?,31?,32?,34-,38+,39+,42+,43-,44?,45-,46+,47-/m0/s1. The van der Waals surface area contributed by atoms with Crippen molar-refractivity contribution in [3.63, 3.8) is 0 Å². The van der Waals surface area contributed by atoms with Crippen molar-refractivity contribution in [3.8, 4) is 11.1 Å². The molecule has 11 aliphatic rings. The molecule has 5 nitrogen and oxygen atoms in total. The van der Waals surface area contributed by atoms with Crippen molar-refractivity contribution in [2.45, 2.75) is 109 Å². The van der Waals surface area contributed by atoms with Gasteiger partial charge in [-0.1, -0.05) is 86.7 Å². The minimum absolute atomic E-state index is 0.0440. The minimum Gasteiger partial charge on any atom is -0.440 e. The van der Waals surface area contributed by atoms with Crippen molar-refractivity contribution in [1.29, 1.82) is 0 Å². The molecular formula is C47H55NO4. The molecule has 0 radical (unpaired) electrons. The average molecular weight is 698 g/mol. The Morgan fingerprint density at radius 3 is 2.21 bits per heavy atom. The maximum atomic E-state index is 15.5. The van der Waals surface area contributed by atoms with E-state index < -0.39 is 11.0 Å². The predicted molar refractivity (Wildman–Crippen MR) is 201 cm³/mol. The van der Waals surface area contributed by atoms with E-state index in [0.29, 0.717) is 18.9 Å². The molecule has 10 aliphatic carbocycles. The molecule has 7 saturated carbocycles. The van der Waals surface area contributed by atoms with E-state index in [1.807, 2.05) is 36.4 Å². The Labute approximate surface area is 309 Å². The smallest absolute Gasteiger partial charge is 0.410 e. The van der Waals surface area contributed by atoms with Crippen LogP contribution in [-0.2, 0) is 4.74 Å². The van der Waals surface area contributed by atoms with Gasteiger partial charge in [-0.25, -0.2) is 4.79 Å². The Morgan fingerprint density at radius 1 is 0.808 bits per heavy atom. The second-order valence-electron chi connectivity index (χ2n) is 20.2. The highest BCUT2D eigenvalue weighted by Crippen LogP contribution is 2.79. The van der Waals surface area contributed by atoms with Crippen LogP contribution >= 0.6 is 0 Å². The Kier molecular flexibility index (Phi) is 6.53. The first-order valence-electron chi connectivity index (χ1n) is 20.8. The second kappa shape index (κ2) is 10.5. The molecule has 13 rings (SSSR count). The van der Waals surface area contributed by atoms with Gasteiger partial charge in [-0.3, -0.25) is 4.79 Å². The van der Waals surface area contributed by atoms with Crippen molar-refractivity contribution in [2.24, 2.45) is 56.7 Å². The molecule has 272 valence electrons. The Bertz CT molecular complexity index is 1900. The lowest BCUT2D eigenvalue weighted by Crippen LogP contribution is -2.67. The van der Waals surface area contributed by atoms with Gasteiger partial charge >= 0.3 is 6.09 Å². The molecular weight excluding hydrogens is 643 g/mol. The van der Waals surface area contributed by atoms with Gasteiger partial charge in [0.25, 0.3) is 0 Å². The highest BCUT2D eigenvalue weighted by Gasteiger charge is 2.76. The molecule has 8 atom stereocenters. The molecule has 2 aromatic rings. The lowest BCUT2D eigenvalue weighted by atomic mass is 9.32. The first-order valence-corrected chi connectivity index (χ1v) is 20.8. The van der Waals surface area contributed by atoms with Gasteiger partial charge in [0.15, 0.2) is 5.78 Å². The molecule has 0 unspecified atom stereocenters. The monoisotopic (exact) mass is 697 g/mol. The summed E-state index contributed by atoms with van der Waals surface area (Å²) < 4.78 is 6.82. The number of ketones is 1. The molecule has 8 fully saturated rings. The van der Waals surface area contributed by atoms with Crippen LogP contribution < -0.4 is 0 Å². The topological polar surface area (TPSA) is 66.8 Å². The number of benzene rings is 2. The molecule has 6 bridgehead atoms. The number of carbonyl (C=O) groups is 2. The third kappa shape index (κ3) is 4.00. The van der Waals surface area contributed by atoms with Crippen LogP contribution in [0.25, 0.3) is 11.1 Å². The third-order valence-electron chi connectivity index (χ3n) is 17.9. The summed E-state index contributed by atoms with van der Waals surface area (Å²) in [5, 5.41) is 11.2. The fraction of sp³-hybridized carbons (Fsp3) is 0.617. The zero-order valence-electron chi connectivity index (χ0n) is 31.1. The third-order valence-corrected chi connectivity index (χ3v) is 17.9. The number of ether oxygens (including phenoxy) is 1. The number of fused-ring (bicyclic) bond motifs is 2. The fourth-order valence-corrected chi connectivity index (χ4v) is 16.1. The number of Topliss-reactive ketones (excluding diaryl/α,β-unsaturated/α-hetero) is 1. The van der Waals surface area contributed by atoms with Crippen molar-refractivity contribution >= 4 is 11.9 Å². The maximum Gasteiger partial charge on any atom is 0.410 e. The van der Waals surface area contributed by atoms with Gasteiger partial charge in [0.2, 0.25) is 0 Å². The first kappa shape index (κ1) is 32.3. The summed E-state index contributed by atoms with van der Waals surface area (Å²) >= 11 is 0. The van der Waals surface area contributed by atoms with Gasteiger partial charge in [-0.05, 0) is 135 Å². The zero-order chi connectivity index (χ0) is 35.3. The summed E-state index contributed by atoms with van der Waals surface area (Å²) in [7, 11) is 0. The van der Waals surface area contributed by atoms with Gasteiger partial charge in [0, 0.05) is 33.9 Å². The number of aliphatic hydroxyl groups is 1. The number of allylic oxidation sites excluding steroid dienone is 4. The maximum absolute atomic E-state index is 15.5. The van der Waals surface area contributed by atoms with E-state index in [9.17, 15) is 9.90 Å². The quantitative estimate of drug-likeness (QED) is 0.250. The molecule has 1 aliphatic heterocycles. The summed E-state index contributed by atoms with van der Waals surface area (Å²) in [5.41, 5.74) is 2.39. The minimum atomic E-state index is -0.531. The number of amides is 1. The Morgan fingerprint density at radius 2 is 1.46 bits per heavy atom. The molecule has 1 saturated heterocycles. The van der Waals surface area contributed by atoms with Crippen LogP contribution in [-0.4, -0.2) is 46.7 Å². The normalized spacial score (nSPS) is 47.6. The van der Waals surface area contributed by atoms with Gasteiger partial charge < -0.3 is 14.7 Å². The van der Waals surface area contributed by atoms with E-state index >= 15 is 4.79 Å². The van der Waals surface area contributed by atoms with Gasteiger partial charge in [-0.2, -0.15) is 0 Å². The fourth-order valence-electron chi connectivity index (χ4n) is 16.1. The van der Waals surface area contributed by atoms with Crippen molar-refractivity contribution in [1.82, 2.24) is 4.90 Å². The summed E-state index contributed by atoms with van der Waals surface area (Å²) in [6.07, 6.45) is 21.2. The molecule has 52 heavy (non-hydrogen) atoms. The highest BCUT2D eigenvalue weighted by molar-refractivity contribution is 6.14. The Hall–Kier alpha value is -3.18. The Balaban J connectivity index is 0.995. The van der Waals surface area contributed by atoms with Crippen LogP contribution in [0.15, 0.2) is 78.4 Å². The van der Waals surface area contributed by atoms with E-state index in [4.69, 9.17) is 4.74 Å². The van der Waals surface area contributed by atoms with Crippen LogP contribution in [0.3, 0.4) is 0 Å². The number of hydrogen-bond acceptors (Lipinski definition) is 4. The summed E-state index contributed by atoms with van der Waals surface area (Å²) in [6.45, 7) is 6.48. The van der Waals surface area contributed by atoms with Crippen LogP contribution in [0.1, 0.15) is 108 Å². The number of carbonyl (C=O) groups excluding carboxylic acids is 2. The largest absolute Gasteiger partial charge is 0.440 e. The first-order chi connectivity index (χ1) is 25.0. The van der Waals surface area contributed by atoms with Crippen LogP contribution in [0.4, 0.5) is 4.79 Å². The molecule has 0 aromatic heterocycles. The van der Waals surface area contributed by atoms with Gasteiger partial charge in [-0.15, -0.1) is 0 Å². The van der Waals surface area contributed by atoms with Crippen molar-refractivity contribution < 1.29 is 19.4 Å². The number of hydrogen-bond donors (Lipinski definition) is 1. The van der Waals surface area contributed by atoms with Gasteiger partial charge in [0.1, 0.15) is 5.60 Å². The second-order valence-corrected chi connectivity index (χ2v) is 20.2. The van der Waals surface area contributed by atoms with Gasteiger partial charge in [0.05, 0.1) is 12.6 Å². The molecule has 3 spiro atoms. The zero-order valence-corrected chi connectivity index (χ0v) is 31.1. The van der Waals surface area contributed by atoms with E-state index in [-0.39, 0.29) is 45.6 Å². The highest BCUT2D eigenvalue weighted by atomic mass is 16.6. The number of rotatable bonds is 5. The molecule has 1 heterocycles. The van der Waals surface area contributed by atoms with Crippen LogP contribution in [0.2, 0.25) is 0 Å². The predicted octanol–water partition coefficient (Wildman–Crippen LogP) is 9.80. The lowest BCUT2D eigenvalue weighted by Gasteiger charge is -2.71. The van der Waals surface area contributed by atoms with Crippen molar-refractivity contribution in [2.75, 3.05) is 13.1 Å². The summed E-state index contributed by atoms with van der Waals surface area (Å²) in [5.74, 6) is 3.18. The van der Waals surface area contributed by atoms with E-state index in [2.05, 4.69) is 55.2 Å². The van der Waals surface area contributed by atoms with E-state index in [1.165, 1.54) is 38.5 Å². The molecule has 2 aromatic carbocycles. The molecule has 5 heteroatoms.